The van der Waals surface area contributed by atoms with E-state index in [1.807, 2.05) is 0 Å². The molecule has 7 heteroatoms. The van der Waals surface area contributed by atoms with Gasteiger partial charge >= 0.3 is 6.03 Å². The zero-order valence-electron chi connectivity index (χ0n) is 9.43. The van der Waals surface area contributed by atoms with Crippen LogP contribution >= 0.6 is 0 Å². The number of nitrogens with one attached hydrogen (secondary N) is 2. The van der Waals surface area contributed by atoms with E-state index in [0.29, 0.717) is 23.4 Å². The molecule has 1 aromatic carbocycles. The molecule has 4 N–H and O–H groups in total. The number of imide groups is 1. The maximum atomic E-state index is 11.8. The van der Waals surface area contributed by atoms with Gasteiger partial charge in [0.15, 0.2) is 0 Å². The summed E-state index contributed by atoms with van der Waals surface area (Å²) in [5, 5.41) is 9.77. The lowest BCUT2D eigenvalue weighted by Gasteiger charge is -2.27. The first-order chi connectivity index (χ1) is 8.66. The summed E-state index contributed by atoms with van der Waals surface area (Å²) in [5.41, 5.74) is 7.76. The molecule has 0 atom stereocenters. The minimum Gasteiger partial charge on any atom is -0.397 e. The molecule has 1 aliphatic rings. The number of nitrogens with two attached hydrogens (primary N) is 1. The summed E-state index contributed by atoms with van der Waals surface area (Å²) in [4.78, 5) is 24.4. The number of fused-ring (bicyclic) bond motifs is 1. The number of carbonyl (C=O) groups excluding carboxylic acids is 2. The molecule has 3 rings (SSSR count). The van der Waals surface area contributed by atoms with E-state index < -0.39 is 6.03 Å². The van der Waals surface area contributed by atoms with Crippen LogP contribution in [0.5, 0.6) is 0 Å². The summed E-state index contributed by atoms with van der Waals surface area (Å²) in [6.45, 7) is 0.356. The third-order valence-electron chi connectivity index (χ3n) is 2.97. The lowest BCUT2D eigenvalue weighted by atomic mass is 10.1. The number of aromatic nitrogens is 2. The molecular weight excluding hydrogens is 234 g/mol. The second-order valence-corrected chi connectivity index (χ2v) is 4.09. The number of hydrogen-bond acceptors (Lipinski definition) is 4. The highest BCUT2D eigenvalue weighted by atomic mass is 16.2. The molecule has 7 nitrogen and oxygen atoms in total. The Morgan fingerprint density at radius 2 is 2.17 bits per heavy atom. The number of urea groups is 1. The van der Waals surface area contributed by atoms with Crippen molar-refractivity contribution in [3.05, 3.63) is 18.3 Å². The van der Waals surface area contributed by atoms with Gasteiger partial charge in [0, 0.05) is 18.4 Å². The number of hydrogen-bond donors (Lipinski definition) is 3. The van der Waals surface area contributed by atoms with Crippen LogP contribution in [0.25, 0.3) is 10.9 Å². The van der Waals surface area contributed by atoms with Gasteiger partial charge in [-0.2, -0.15) is 5.10 Å². The van der Waals surface area contributed by atoms with Crippen LogP contribution in [0.15, 0.2) is 18.3 Å². The van der Waals surface area contributed by atoms with E-state index in [4.69, 9.17) is 5.73 Å². The zero-order valence-corrected chi connectivity index (χ0v) is 9.43. The Morgan fingerprint density at radius 1 is 1.33 bits per heavy atom. The van der Waals surface area contributed by atoms with E-state index in [2.05, 4.69) is 15.5 Å². The smallest absolute Gasteiger partial charge is 0.328 e. The van der Waals surface area contributed by atoms with Gasteiger partial charge in [-0.3, -0.25) is 20.1 Å². The fourth-order valence-electron chi connectivity index (χ4n) is 2.07. The molecular formula is C11H11N5O2. The van der Waals surface area contributed by atoms with Crippen molar-refractivity contribution >= 4 is 34.2 Å². The van der Waals surface area contributed by atoms with Crippen molar-refractivity contribution in [2.24, 2.45) is 0 Å². The Balaban J connectivity index is 2.09. The Labute approximate surface area is 102 Å². The van der Waals surface area contributed by atoms with Gasteiger partial charge in [0.1, 0.15) is 0 Å². The third kappa shape index (κ3) is 1.48. The van der Waals surface area contributed by atoms with E-state index in [1.54, 1.807) is 18.3 Å². The minimum absolute atomic E-state index is 0.255. The highest BCUT2D eigenvalue weighted by Crippen LogP contribution is 2.30. The molecule has 0 unspecified atom stereocenters. The number of H-pyrrole nitrogens is 1. The normalized spacial score (nSPS) is 16.1. The topological polar surface area (TPSA) is 104 Å². The van der Waals surface area contributed by atoms with Crippen LogP contribution in [0, 0.1) is 0 Å². The van der Waals surface area contributed by atoms with Gasteiger partial charge in [-0.15, -0.1) is 0 Å². The summed E-state index contributed by atoms with van der Waals surface area (Å²) < 4.78 is 0. The van der Waals surface area contributed by atoms with Crippen LogP contribution in [0.4, 0.5) is 16.2 Å². The number of amides is 3. The standard InChI is InChI=1S/C11H11N5O2/c12-7-1-2-8(6-5-13-15-10(6)7)16-4-3-9(17)14-11(16)18/h1-2,5H,3-4,12H2,(H,13,15)(H,14,17,18). The molecule has 1 saturated heterocycles. The number of aromatic amines is 1. The SMILES string of the molecule is Nc1ccc(N2CCC(=O)NC2=O)c2cn[nH]c12. The van der Waals surface area contributed by atoms with Crippen molar-refractivity contribution in [2.75, 3.05) is 17.2 Å². The van der Waals surface area contributed by atoms with Crippen molar-refractivity contribution in [2.45, 2.75) is 6.42 Å². The second kappa shape index (κ2) is 3.73. The van der Waals surface area contributed by atoms with Crippen molar-refractivity contribution in [3.8, 4) is 0 Å². The third-order valence-corrected chi connectivity index (χ3v) is 2.97. The zero-order chi connectivity index (χ0) is 12.7. The van der Waals surface area contributed by atoms with Crippen molar-refractivity contribution in [1.82, 2.24) is 15.5 Å². The molecule has 2 heterocycles. The maximum absolute atomic E-state index is 11.8. The van der Waals surface area contributed by atoms with E-state index >= 15 is 0 Å². The number of rotatable bonds is 1. The molecule has 0 spiro atoms. The summed E-state index contributed by atoms with van der Waals surface area (Å²) >= 11 is 0. The number of benzene rings is 1. The van der Waals surface area contributed by atoms with Crippen LogP contribution in [0.1, 0.15) is 6.42 Å². The molecule has 3 amide bonds. The van der Waals surface area contributed by atoms with E-state index in [9.17, 15) is 9.59 Å². The Morgan fingerprint density at radius 3 is 2.94 bits per heavy atom. The number of carbonyl (C=O) groups is 2. The largest absolute Gasteiger partial charge is 0.397 e. The van der Waals surface area contributed by atoms with Gasteiger partial charge in [0.2, 0.25) is 5.91 Å². The summed E-state index contributed by atoms with van der Waals surface area (Å²) in [6.07, 6.45) is 1.90. The van der Waals surface area contributed by atoms with Gasteiger partial charge in [0.25, 0.3) is 0 Å². The number of anilines is 2. The van der Waals surface area contributed by atoms with Gasteiger partial charge in [-0.1, -0.05) is 0 Å². The van der Waals surface area contributed by atoms with Crippen LogP contribution in [-0.4, -0.2) is 28.7 Å². The molecule has 0 aliphatic carbocycles. The second-order valence-electron chi connectivity index (χ2n) is 4.09. The van der Waals surface area contributed by atoms with Gasteiger partial charge in [-0.05, 0) is 12.1 Å². The fraction of sp³-hybridized carbons (Fsp3) is 0.182. The first kappa shape index (κ1) is 10.6. The molecule has 18 heavy (non-hydrogen) atoms. The maximum Gasteiger partial charge on any atom is 0.328 e. The first-order valence-electron chi connectivity index (χ1n) is 5.50. The molecule has 1 aliphatic heterocycles. The van der Waals surface area contributed by atoms with Crippen molar-refractivity contribution in [3.63, 3.8) is 0 Å². The quantitative estimate of drug-likeness (QED) is 0.639. The van der Waals surface area contributed by atoms with E-state index in [1.165, 1.54) is 4.90 Å². The number of nitrogen functional groups attached to an aromatic ring is 1. The Bertz CT molecular complexity index is 648. The van der Waals surface area contributed by atoms with Gasteiger partial charge < -0.3 is 5.73 Å². The summed E-state index contributed by atoms with van der Waals surface area (Å²) in [7, 11) is 0. The molecule has 1 aromatic heterocycles. The van der Waals surface area contributed by atoms with Gasteiger partial charge in [-0.25, -0.2) is 4.79 Å². The molecule has 0 radical (unpaired) electrons. The lowest BCUT2D eigenvalue weighted by molar-refractivity contribution is -0.120. The average molecular weight is 245 g/mol. The highest BCUT2D eigenvalue weighted by Gasteiger charge is 2.25. The lowest BCUT2D eigenvalue weighted by Crippen LogP contribution is -2.49. The summed E-state index contributed by atoms with van der Waals surface area (Å²) in [5.74, 6) is -0.255. The summed E-state index contributed by atoms with van der Waals surface area (Å²) in [6, 6.07) is 3.04. The van der Waals surface area contributed by atoms with E-state index in [-0.39, 0.29) is 12.3 Å². The molecule has 2 aromatic rings. The fourth-order valence-corrected chi connectivity index (χ4v) is 2.07. The Kier molecular flexibility index (Phi) is 2.19. The predicted molar refractivity (Wildman–Crippen MR) is 66.0 cm³/mol. The van der Waals surface area contributed by atoms with Crippen LogP contribution < -0.4 is 16.0 Å². The van der Waals surface area contributed by atoms with Crippen LogP contribution in [0.3, 0.4) is 0 Å². The molecule has 1 fully saturated rings. The van der Waals surface area contributed by atoms with Crippen LogP contribution in [-0.2, 0) is 4.79 Å². The van der Waals surface area contributed by atoms with Gasteiger partial charge in [0.05, 0.1) is 23.1 Å². The van der Waals surface area contributed by atoms with Crippen LogP contribution in [0.2, 0.25) is 0 Å². The highest BCUT2D eigenvalue weighted by molar-refractivity contribution is 6.10. The monoisotopic (exact) mass is 245 g/mol. The minimum atomic E-state index is -0.418. The van der Waals surface area contributed by atoms with Crippen molar-refractivity contribution in [1.29, 1.82) is 0 Å². The molecule has 92 valence electrons. The average Bonchev–Trinajstić information content (AvgIpc) is 2.81. The van der Waals surface area contributed by atoms with Crippen molar-refractivity contribution < 1.29 is 9.59 Å². The first-order valence-corrected chi connectivity index (χ1v) is 5.50. The molecule has 0 bridgehead atoms. The predicted octanol–water partition coefficient (Wildman–Crippen LogP) is 0.591. The Hall–Kier alpha value is -2.57. The van der Waals surface area contributed by atoms with E-state index in [0.717, 1.165) is 5.39 Å². The molecule has 0 saturated carbocycles. The number of nitrogens with zero attached hydrogens (tertiary/aromatic N) is 2.